The van der Waals surface area contributed by atoms with Gasteiger partial charge in [-0.05, 0) is 23.8 Å². The van der Waals surface area contributed by atoms with Gasteiger partial charge in [0.25, 0.3) is 0 Å². The highest BCUT2D eigenvalue weighted by Gasteiger charge is 2.33. The Balaban J connectivity index is 1.87. The molecule has 5 nitrogen and oxygen atoms in total. The molecular weight excluding hydrogens is 401 g/mol. The van der Waals surface area contributed by atoms with Crippen LogP contribution in [0.4, 0.5) is 18.9 Å². The summed E-state index contributed by atoms with van der Waals surface area (Å²) in [5.41, 5.74) is -0.349. The van der Waals surface area contributed by atoms with E-state index in [2.05, 4.69) is 20.5 Å². The van der Waals surface area contributed by atoms with Crippen molar-refractivity contribution in [1.82, 2.24) is 15.2 Å². The van der Waals surface area contributed by atoms with E-state index < -0.39 is 27.9 Å². The van der Waals surface area contributed by atoms with Crippen LogP contribution in [0.15, 0.2) is 60.0 Å². The van der Waals surface area contributed by atoms with E-state index in [1.54, 1.807) is 30.3 Å². The summed E-state index contributed by atoms with van der Waals surface area (Å²) in [6.45, 7) is 0. The number of carbonyl (C=O) groups is 1. The van der Waals surface area contributed by atoms with E-state index in [4.69, 9.17) is 11.6 Å². The van der Waals surface area contributed by atoms with Gasteiger partial charge >= 0.3 is 6.18 Å². The van der Waals surface area contributed by atoms with Crippen LogP contribution in [0.25, 0.3) is 0 Å². The van der Waals surface area contributed by atoms with Gasteiger partial charge in [-0.3, -0.25) is 9.89 Å². The standard InChI is InChI=1S/C17H12ClF3N4OS/c18-13-7-6-11(8-12(13)17(19,20)21)24-15(26)14(10-4-2-1-3-5-10)27-16-22-9-23-25-16/h1-9,14H,(H,24,26)(H,22,23,25)/t14-/m1/s1. The molecule has 0 spiro atoms. The molecule has 1 aromatic heterocycles. The molecule has 0 saturated carbocycles. The Hall–Kier alpha value is -2.52. The SMILES string of the molecule is O=C(Nc1ccc(Cl)c(C(F)(F)F)c1)[C@H](Sc1ncn[nH]1)c1ccccc1. The number of hydrogen-bond donors (Lipinski definition) is 2. The molecule has 3 aromatic rings. The first-order valence-electron chi connectivity index (χ1n) is 7.59. The molecule has 0 aliphatic heterocycles. The average Bonchev–Trinajstić information content (AvgIpc) is 3.14. The van der Waals surface area contributed by atoms with Gasteiger partial charge in [0, 0.05) is 5.69 Å². The minimum Gasteiger partial charge on any atom is -0.325 e. The van der Waals surface area contributed by atoms with Gasteiger partial charge in [0.15, 0.2) is 5.16 Å². The number of thioether (sulfide) groups is 1. The molecule has 2 aromatic carbocycles. The summed E-state index contributed by atoms with van der Waals surface area (Å²) < 4.78 is 39.1. The van der Waals surface area contributed by atoms with E-state index in [0.717, 1.165) is 23.9 Å². The number of halogens is 4. The third-order valence-corrected chi connectivity index (χ3v) is 4.97. The number of aromatic amines is 1. The molecule has 0 unspecified atom stereocenters. The number of anilines is 1. The highest BCUT2D eigenvalue weighted by atomic mass is 35.5. The van der Waals surface area contributed by atoms with Crippen LogP contribution in [-0.4, -0.2) is 21.1 Å². The topological polar surface area (TPSA) is 70.7 Å². The molecule has 1 amide bonds. The number of benzene rings is 2. The Morgan fingerprint density at radius 3 is 2.56 bits per heavy atom. The number of nitrogens with one attached hydrogen (secondary N) is 2. The predicted molar refractivity (Wildman–Crippen MR) is 96.5 cm³/mol. The molecule has 0 aliphatic rings. The van der Waals surface area contributed by atoms with Crippen LogP contribution in [-0.2, 0) is 11.0 Å². The van der Waals surface area contributed by atoms with Gasteiger partial charge in [-0.1, -0.05) is 53.7 Å². The Morgan fingerprint density at radius 1 is 1.19 bits per heavy atom. The lowest BCUT2D eigenvalue weighted by atomic mass is 10.1. The molecule has 0 bridgehead atoms. The van der Waals surface area contributed by atoms with E-state index in [-0.39, 0.29) is 5.69 Å². The second-order valence-corrected chi connectivity index (χ2v) is 6.88. The maximum atomic E-state index is 13.0. The number of nitrogens with zero attached hydrogens (tertiary/aromatic N) is 2. The Morgan fingerprint density at radius 2 is 1.93 bits per heavy atom. The van der Waals surface area contributed by atoms with Gasteiger partial charge in [0.05, 0.1) is 10.6 Å². The lowest BCUT2D eigenvalue weighted by Crippen LogP contribution is -2.19. The van der Waals surface area contributed by atoms with Crippen molar-refractivity contribution in [2.45, 2.75) is 16.6 Å². The summed E-state index contributed by atoms with van der Waals surface area (Å²) >= 11 is 6.71. The number of alkyl halides is 3. The van der Waals surface area contributed by atoms with E-state index >= 15 is 0 Å². The van der Waals surface area contributed by atoms with Gasteiger partial charge in [0.1, 0.15) is 11.6 Å². The second kappa shape index (κ2) is 8.01. The fourth-order valence-electron chi connectivity index (χ4n) is 2.29. The van der Waals surface area contributed by atoms with E-state index in [1.807, 2.05) is 0 Å². The van der Waals surface area contributed by atoms with Crippen molar-refractivity contribution in [2.24, 2.45) is 0 Å². The molecule has 1 atom stereocenters. The lowest BCUT2D eigenvalue weighted by molar-refractivity contribution is -0.137. The number of H-pyrrole nitrogens is 1. The summed E-state index contributed by atoms with van der Waals surface area (Å²) in [7, 11) is 0. The zero-order valence-corrected chi connectivity index (χ0v) is 15.1. The van der Waals surface area contributed by atoms with Crippen molar-refractivity contribution in [3.63, 3.8) is 0 Å². The smallest absolute Gasteiger partial charge is 0.325 e. The third-order valence-electron chi connectivity index (χ3n) is 3.50. The Kier molecular flexibility index (Phi) is 5.71. The van der Waals surface area contributed by atoms with Gasteiger partial charge in [-0.2, -0.15) is 18.3 Å². The molecular formula is C17H12ClF3N4OS. The number of aromatic nitrogens is 3. The summed E-state index contributed by atoms with van der Waals surface area (Å²) in [6, 6.07) is 12.0. The van der Waals surface area contributed by atoms with Crippen LogP contribution in [0.1, 0.15) is 16.4 Å². The van der Waals surface area contributed by atoms with Crippen molar-refractivity contribution in [3.05, 3.63) is 71.0 Å². The predicted octanol–water partition coefficient (Wildman–Crippen LogP) is 4.95. The minimum atomic E-state index is -4.62. The summed E-state index contributed by atoms with van der Waals surface area (Å²) in [5.74, 6) is -0.502. The largest absolute Gasteiger partial charge is 0.417 e. The monoisotopic (exact) mass is 412 g/mol. The third kappa shape index (κ3) is 4.81. The van der Waals surface area contributed by atoms with Gasteiger partial charge in [-0.15, -0.1) is 0 Å². The van der Waals surface area contributed by atoms with Gasteiger partial charge in [0.2, 0.25) is 5.91 Å². The maximum Gasteiger partial charge on any atom is 0.417 e. The van der Waals surface area contributed by atoms with Crippen LogP contribution in [0.2, 0.25) is 5.02 Å². The van der Waals surface area contributed by atoms with Gasteiger partial charge < -0.3 is 5.32 Å². The summed E-state index contributed by atoms with van der Waals surface area (Å²) in [5, 5.41) is 8.12. The molecule has 1 heterocycles. The first-order chi connectivity index (χ1) is 12.8. The van der Waals surface area contributed by atoms with Crippen LogP contribution in [0.3, 0.4) is 0 Å². The number of carbonyl (C=O) groups excluding carboxylic acids is 1. The molecule has 10 heteroatoms. The highest BCUT2D eigenvalue weighted by molar-refractivity contribution is 8.00. The van der Waals surface area contributed by atoms with Crippen molar-refractivity contribution in [1.29, 1.82) is 0 Å². The van der Waals surface area contributed by atoms with Crippen molar-refractivity contribution < 1.29 is 18.0 Å². The molecule has 140 valence electrons. The Labute approximate surface area is 161 Å². The Bertz CT molecular complexity index is 920. The summed E-state index contributed by atoms with van der Waals surface area (Å²) in [4.78, 5) is 16.8. The molecule has 0 saturated heterocycles. The average molecular weight is 413 g/mol. The van der Waals surface area contributed by atoms with Gasteiger partial charge in [-0.25, -0.2) is 4.98 Å². The quantitative estimate of drug-likeness (QED) is 0.582. The molecule has 0 aliphatic carbocycles. The van der Waals surface area contributed by atoms with E-state index in [0.29, 0.717) is 10.7 Å². The first-order valence-corrected chi connectivity index (χ1v) is 8.85. The van der Waals surface area contributed by atoms with E-state index in [9.17, 15) is 18.0 Å². The fourth-order valence-corrected chi connectivity index (χ4v) is 3.41. The molecule has 0 fully saturated rings. The van der Waals surface area contributed by atoms with E-state index in [1.165, 1.54) is 12.4 Å². The number of amides is 1. The summed E-state index contributed by atoms with van der Waals surface area (Å²) in [6.07, 6.45) is -3.32. The maximum absolute atomic E-state index is 13.0. The zero-order valence-electron chi connectivity index (χ0n) is 13.5. The van der Waals surface area contributed by atoms with Crippen molar-refractivity contribution in [2.75, 3.05) is 5.32 Å². The normalized spacial score (nSPS) is 12.6. The number of hydrogen-bond acceptors (Lipinski definition) is 4. The molecule has 0 radical (unpaired) electrons. The molecule has 3 rings (SSSR count). The number of rotatable bonds is 5. The highest BCUT2D eigenvalue weighted by Crippen LogP contribution is 2.37. The van der Waals surface area contributed by atoms with Crippen molar-refractivity contribution in [3.8, 4) is 0 Å². The van der Waals surface area contributed by atoms with Crippen LogP contribution < -0.4 is 5.32 Å². The molecule has 2 N–H and O–H groups in total. The van der Waals surface area contributed by atoms with Crippen molar-refractivity contribution >= 4 is 35.0 Å². The first kappa shape index (κ1) is 19.2. The lowest BCUT2D eigenvalue weighted by Gasteiger charge is -2.17. The zero-order chi connectivity index (χ0) is 19.4. The fraction of sp³-hybridized carbons (Fsp3) is 0.118. The van der Waals surface area contributed by atoms with Crippen LogP contribution in [0.5, 0.6) is 0 Å². The molecule has 27 heavy (non-hydrogen) atoms. The minimum absolute atomic E-state index is 0.00386. The van der Waals surface area contributed by atoms with Crippen LogP contribution in [0, 0.1) is 0 Å². The van der Waals surface area contributed by atoms with Crippen LogP contribution >= 0.6 is 23.4 Å². The second-order valence-electron chi connectivity index (χ2n) is 5.38.